The monoisotopic (exact) mass is 407 g/mol. The molecule has 1 heterocycles. The third kappa shape index (κ3) is 3.44. The van der Waals surface area contributed by atoms with Gasteiger partial charge in [-0.15, -0.1) is 0 Å². The van der Waals surface area contributed by atoms with Gasteiger partial charge in [-0.05, 0) is 42.5 Å². The number of Topliss-reactive ketones (excluding diaryl/α,β-unsaturated/α-hetero) is 1. The number of anilines is 1. The van der Waals surface area contributed by atoms with Gasteiger partial charge in [-0.2, -0.15) is 0 Å². The van der Waals surface area contributed by atoms with Crippen molar-refractivity contribution in [3.8, 4) is 0 Å². The first kappa shape index (κ1) is 19.0. The Morgan fingerprint density at radius 3 is 2.28 bits per heavy atom. The summed E-state index contributed by atoms with van der Waals surface area (Å²) < 4.78 is 14.6. The van der Waals surface area contributed by atoms with E-state index in [1.165, 1.54) is 18.2 Å². The maximum atomic E-state index is 14.6. The number of hydrogen-bond donors (Lipinski definition) is 1. The minimum absolute atomic E-state index is 0.178. The Morgan fingerprint density at radius 1 is 0.966 bits per heavy atom. The number of aliphatic imine (C=N–C) groups is 1. The van der Waals surface area contributed by atoms with Crippen molar-refractivity contribution in [1.29, 1.82) is 0 Å². The Balaban J connectivity index is 1.92. The molecule has 1 aliphatic rings. The number of benzodiazepines with no additional fused rings is 1. The molecule has 2 N–H and O–H groups in total. The van der Waals surface area contributed by atoms with Crippen LogP contribution >= 0.6 is 11.6 Å². The quantitative estimate of drug-likeness (QED) is 0.310. The second-order valence-electron chi connectivity index (χ2n) is 6.46. The highest BCUT2D eigenvalue weighted by Crippen LogP contribution is 2.28. The molecule has 7 heteroatoms. The zero-order valence-electron chi connectivity index (χ0n) is 15.0. The molecule has 1 atom stereocenters. The SMILES string of the molecule is NN1C(=O)C(C(=O)c2ccc(Cl)cc2)N=C(c2ccccc2F)c2ccccc21. The molecule has 0 bridgehead atoms. The normalized spacial score (nSPS) is 16.1. The molecule has 144 valence electrons. The summed E-state index contributed by atoms with van der Waals surface area (Å²) in [5.41, 5.74) is 1.42. The van der Waals surface area contributed by atoms with Gasteiger partial charge in [0, 0.05) is 21.7 Å². The Bertz CT molecular complexity index is 1140. The van der Waals surface area contributed by atoms with Crippen molar-refractivity contribution in [2.24, 2.45) is 10.8 Å². The van der Waals surface area contributed by atoms with Crippen molar-refractivity contribution in [2.45, 2.75) is 6.04 Å². The average molecular weight is 408 g/mol. The fourth-order valence-corrected chi connectivity index (χ4v) is 3.32. The fraction of sp³-hybridized carbons (Fsp3) is 0.0455. The van der Waals surface area contributed by atoms with Gasteiger partial charge < -0.3 is 0 Å². The predicted molar refractivity (Wildman–Crippen MR) is 110 cm³/mol. The molecule has 1 unspecified atom stereocenters. The van der Waals surface area contributed by atoms with Crippen LogP contribution in [0.4, 0.5) is 10.1 Å². The first-order chi connectivity index (χ1) is 14.0. The number of hydrogen-bond acceptors (Lipinski definition) is 4. The molecule has 0 saturated heterocycles. The molecule has 0 spiro atoms. The number of nitrogens with two attached hydrogens (primary N) is 1. The minimum atomic E-state index is -1.46. The fourth-order valence-electron chi connectivity index (χ4n) is 3.20. The van der Waals surface area contributed by atoms with E-state index in [0.717, 1.165) is 5.01 Å². The van der Waals surface area contributed by atoms with E-state index in [1.54, 1.807) is 54.6 Å². The van der Waals surface area contributed by atoms with Crippen LogP contribution in [0.25, 0.3) is 0 Å². The van der Waals surface area contributed by atoms with Crippen LogP contribution in [0.2, 0.25) is 5.02 Å². The summed E-state index contributed by atoms with van der Waals surface area (Å²) in [5, 5.41) is 1.35. The van der Waals surface area contributed by atoms with Crippen LogP contribution < -0.4 is 10.9 Å². The summed E-state index contributed by atoms with van der Waals surface area (Å²) in [5.74, 6) is 4.27. The molecule has 0 saturated carbocycles. The maximum absolute atomic E-state index is 14.6. The van der Waals surface area contributed by atoms with E-state index in [-0.39, 0.29) is 16.8 Å². The van der Waals surface area contributed by atoms with Gasteiger partial charge in [0.2, 0.25) is 0 Å². The number of rotatable bonds is 3. The first-order valence-electron chi connectivity index (χ1n) is 8.78. The van der Waals surface area contributed by atoms with E-state index >= 15 is 0 Å². The number of fused-ring (bicyclic) bond motifs is 1. The van der Waals surface area contributed by atoms with Crippen LogP contribution in [0, 0.1) is 5.82 Å². The summed E-state index contributed by atoms with van der Waals surface area (Å²) in [7, 11) is 0. The summed E-state index contributed by atoms with van der Waals surface area (Å²) in [6.45, 7) is 0. The van der Waals surface area contributed by atoms with Crippen molar-refractivity contribution in [3.63, 3.8) is 0 Å². The van der Waals surface area contributed by atoms with E-state index in [9.17, 15) is 14.0 Å². The van der Waals surface area contributed by atoms with Crippen LogP contribution in [0.1, 0.15) is 21.5 Å². The van der Waals surface area contributed by atoms with E-state index < -0.39 is 23.5 Å². The summed E-state index contributed by atoms with van der Waals surface area (Å²) >= 11 is 5.89. The Kier molecular flexibility index (Phi) is 4.96. The van der Waals surface area contributed by atoms with E-state index in [1.807, 2.05) is 0 Å². The highest BCUT2D eigenvalue weighted by Gasteiger charge is 2.36. The van der Waals surface area contributed by atoms with Crippen LogP contribution in [-0.4, -0.2) is 23.4 Å². The smallest absolute Gasteiger partial charge is 0.274 e. The van der Waals surface area contributed by atoms with Crippen molar-refractivity contribution in [1.82, 2.24) is 0 Å². The number of para-hydroxylation sites is 1. The minimum Gasteiger partial charge on any atom is -0.291 e. The highest BCUT2D eigenvalue weighted by atomic mass is 35.5. The molecule has 1 aliphatic heterocycles. The summed E-state index contributed by atoms with van der Waals surface area (Å²) in [6, 6.07) is 17.5. The van der Waals surface area contributed by atoms with E-state index in [2.05, 4.69) is 4.99 Å². The van der Waals surface area contributed by atoms with Crippen molar-refractivity contribution in [3.05, 3.63) is 100 Å². The average Bonchev–Trinajstić information content (AvgIpc) is 2.84. The number of nitrogens with zero attached hydrogens (tertiary/aromatic N) is 2. The predicted octanol–water partition coefficient (Wildman–Crippen LogP) is 3.79. The van der Waals surface area contributed by atoms with Gasteiger partial charge in [0.1, 0.15) is 5.82 Å². The number of carbonyl (C=O) groups excluding carboxylic acids is 2. The number of benzene rings is 3. The Morgan fingerprint density at radius 2 is 1.59 bits per heavy atom. The molecule has 1 amide bonds. The lowest BCUT2D eigenvalue weighted by Crippen LogP contribution is -2.46. The molecule has 5 nitrogen and oxygen atoms in total. The van der Waals surface area contributed by atoms with Gasteiger partial charge in [-0.1, -0.05) is 41.9 Å². The maximum Gasteiger partial charge on any atom is 0.274 e. The Labute approximate surface area is 171 Å². The van der Waals surface area contributed by atoms with Crippen LogP contribution in [0.5, 0.6) is 0 Å². The molecule has 0 aliphatic carbocycles. The zero-order valence-corrected chi connectivity index (χ0v) is 15.8. The molecule has 0 radical (unpaired) electrons. The number of amides is 1. The van der Waals surface area contributed by atoms with Gasteiger partial charge >= 0.3 is 0 Å². The number of ketones is 1. The summed E-state index contributed by atoms with van der Waals surface area (Å²) in [4.78, 5) is 30.5. The van der Waals surface area contributed by atoms with Crippen molar-refractivity contribution >= 4 is 34.7 Å². The van der Waals surface area contributed by atoms with Gasteiger partial charge in [0.15, 0.2) is 11.8 Å². The van der Waals surface area contributed by atoms with E-state index in [0.29, 0.717) is 16.3 Å². The van der Waals surface area contributed by atoms with E-state index in [4.69, 9.17) is 17.4 Å². The number of halogens is 2. The second-order valence-corrected chi connectivity index (χ2v) is 6.89. The topological polar surface area (TPSA) is 75.8 Å². The van der Waals surface area contributed by atoms with Gasteiger partial charge in [-0.3, -0.25) is 14.6 Å². The second kappa shape index (κ2) is 7.58. The van der Waals surface area contributed by atoms with Gasteiger partial charge in [0.25, 0.3) is 5.91 Å². The van der Waals surface area contributed by atoms with Crippen LogP contribution in [0.15, 0.2) is 77.8 Å². The van der Waals surface area contributed by atoms with Gasteiger partial charge in [-0.25, -0.2) is 15.2 Å². The highest BCUT2D eigenvalue weighted by molar-refractivity contribution is 6.31. The number of carbonyl (C=O) groups is 2. The lowest BCUT2D eigenvalue weighted by molar-refractivity contribution is -0.118. The molecule has 0 aromatic heterocycles. The third-order valence-corrected chi connectivity index (χ3v) is 4.91. The van der Waals surface area contributed by atoms with Crippen LogP contribution in [0.3, 0.4) is 0 Å². The molecule has 29 heavy (non-hydrogen) atoms. The van der Waals surface area contributed by atoms with Crippen molar-refractivity contribution < 1.29 is 14.0 Å². The standard InChI is InChI=1S/C22H15ClFN3O2/c23-14-11-9-13(10-12-14)21(28)20-22(29)27(25)18-8-4-2-6-16(18)19(26-20)15-5-1-3-7-17(15)24/h1-12,20H,25H2. The molecular formula is C22H15ClFN3O2. The van der Waals surface area contributed by atoms with Crippen molar-refractivity contribution in [2.75, 3.05) is 5.01 Å². The van der Waals surface area contributed by atoms with Gasteiger partial charge in [0.05, 0.1) is 11.4 Å². The largest absolute Gasteiger partial charge is 0.291 e. The first-order valence-corrected chi connectivity index (χ1v) is 9.15. The number of hydrazine groups is 1. The summed E-state index contributed by atoms with van der Waals surface area (Å²) in [6.07, 6.45) is 0. The lowest BCUT2D eigenvalue weighted by Gasteiger charge is -2.19. The molecule has 3 aromatic carbocycles. The van der Waals surface area contributed by atoms with Crippen LogP contribution in [-0.2, 0) is 4.79 Å². The zero-order chi connectivity index (χ0) is 20.5. The third-order valence-electron chi connectivity index (χ3n) is 4.65. The molecule has 3 aromatic rings. The molecular weight excluding hydrogens is 393 g/mol. The Hall–Kier alpha value is -3.35. The lowest BCUT2D eigenvalue weighted by atomic mass is 9.99. The molecule has 4 rings (SSSR count). The molecule has 0 fully saturated rings.